The van der Waals surface area contributed by atoms with E-state index in [-0.39, 0.29) is 0 Å². The monoisotopic (exact) mass is 350 g/mol. The largest absolute Gasteiger partial charge is 0.386 e. The first-order chi connectivity index (χ1) is 13.2. The smallest absolute Gasteiger partial charge is 0.347 e. The summed E-state index contributed by atoms with van der Waals surface area (Å²) in [5, 5.41) is 2.11. The highest BCUT2D eigenvalue weighted by Gasteiger charge is 2.35. The molecule has 0 bridgehead atoms. The third kappa shape index (κ3) is 2.36. The van der Waals surface area contributed by atoms with E-state index in [0.29, 0.717) is 16.7 Å². The lowest BCUT2D eigenvalue weighted by molar-refractivity contribution is 0.0444. The lowest BCUT2D eigenvalue weighted by Crippen LogP contribution is -1.99. The maximum atomic E-state index is 12.5. The molecule has 3 nitrogen and oxygen atoms in total. The molecule has 0 atom stereocenters. The second kappa shape index (κ2) is 5.92. The van der Waals surface area contributed by atoms with E-state index in [2.05, 4.69) is 0 Å². The molecule has 0 amide bonds. The number of carbonyl (C=O) groups is 2. The minimum Gasteiger partial charge on any atom is -0.386 e. The van der Waals surface area contributed by atoms with Crippen LogP contribution in [0.1, 0.15) is 20.7 Å². The average molecular weight is 350 g/mol. The standard InChI is InChI=1S/C24H14O3/c25-23-21-18(16-7-2-1-3-8-16)13-14-20(22(21)24(26)27-23)19-12-6-10-15-9-4-5-11-17(15)19/h1-14H. The molecule has 3 heteroatoms. The van der Waals surface area contributed by atoms with Gasteiger partial charge in [0, 0.05) is 0 Å². The van der Waals surface area contributed by atoms with Crippen molar-refractivity contribution in [3.63, 3.8) is 0 Å². The Labute approximate surface area is 155 Å². The molecule has 0 saturated heterocycles. The molecule has 0 aromatic heterocycles. The van der Waals surface area contributed by atoms with Crippen LogP contribution in [-0.4, -0.2) is 11.9 Å². The zero-order valence-corrected chi connectivity index (χ0v) is 14.3. The first-order valence-corrected chi connectivity index (χ1v) is 8.71. The summed E-state index contributed by atoms with van der Waals surface area (Å²) in [5.41, 5.74) is 3.91. The number of ether oxygens (including phenoxy) is 1. The maximum Gasteiger partial charge on any atom is 0.347 e. The summed E-state index contributed by atoms with van der Waals surface area (Å²) >= 11 is 0. The highest BCUT2D eigenvalue weighted by molar-refractivity contribution is 6.21. The summed E-state index contributed by atoms with van der Waals surface area (Å²) in [5.74, 6) is -1.17. The molecular formula is C24H14O3. The molecule has 27 heavy (non-hydrogen) atoms. The fourth-order valence-corrected chi connectivity index (χ4v) is 3.76. The van der Waals surface area contributed by atoms with Crippen LogP contribution in [-0.2, 0) is 4.74 Å². The number of hydrogen-bond acceptors (Lipinski definition) is 3. The minimum atomic E-state index is -0.587. The first kappa shape index (κ1) is 15.5. The lowest BCUT2D eigenvalue weighted by atomic mass is 9.88. The van der Waals surface area contributed by atoms with E-state index in [1.807, 2.05) is 84.9 Å². The summed E-state index contributed by atoms with van der Waals surface area (Å²) in [6.45, 7) is 0. The minimum absolute atomic E-state index is 0.344. The highest BCUT2D eigenvalue weighted by Crippen LogP contribution is 2.39. The number of cyclic esters (lactones) is 2. The van der Waals surface area contributed by atoms with Gasteiger partial charge in [-0.15, -0.1) is 0 Å². The van der Waals surface area contributed by atoms with Gasteiger partial charge in [-0.25, -0.2) is 9.59 Å². The Morgan fingerprint density at radius 3 is 1.96 bits per heavy atom. The molecular weight excluding hydrogens is 336 g/mol. The van der Waals surface area contributed by atoms with Crippen molar-refractivity contribution in [2.75, 3.05) is 0 Å². The van der Waals surface area contributed by atoms with Crippen LogP contribution in [0.4, 0.5) is 0 Å². The molecule has 128 valence electrons. The van der Waals surface area contributed by atoms with E-state index in [0.717, 1.165) is 27.5 Å². The fraction of sp³-hybridized carbons (Fsp3) is 0. The SMILES string of the molecule is O=C1OC(=O)c2c(-c3cccc4ccccc34)ccc(-c3ccccc3)c21. The maximum absolute atomic E-state index is 12.5. The summed E-state index contributed by atoms with van der Waals surface area (Å²) in [6, 6.07) is 27.3. The Kier molecular flexibility index (Phi) is 3.41. The molecule has 0 unspecified atom stereocenters. The van der Waals surface area contributed by atoms with Crippen molar-refractivity contribution in [3.8, 4) is 22.3 Å². The van der Waals surface area contributed by atoms with Gasteiger partial charge in [0.2, 0.25) is 0 Å². The Morgan fingerprint density at radius 2 is 1.15 bits per heavy atom. The summed E-state index contributed by atoms with van der Waals surface area (Å²) in [6.07, 6.45) is 0. The molecule has 4 aromatic rings. The number of hydrogen-bond donors (Lipinski definition) is 0. The quantitative estimate of drug-likeness (QED) is 0.355. The van der Waals surface area contributed by atoms with Crippen LogP contribution in [0, 0.1) is 0 Å². The van der Waals surface area contributed by atoms with Crippen molar-refractivity contribution < 1.29 is 14.3 Å². The first-order valence-electron chi connectivity index (χ1n) is 8.71. The third-order valence-electron chi connectivity index (χ3n) is 4.96. The lowest BCUT2D eigenvalue weighted by Gasteiger charge is -2.12. The normalized spacial score (nSPS) is 12.9. The van der Waals surface area contributed by atoms with E-state index >= 15 is 0 Å². The second-order valence-corrected chi connectivity index (χ2v) is 6.48. The molecule has 0 radical (unpaired) electrons. The van der Waals surface area contributed by atoms with Gasteiger partial charge >= 0.3 is 11.9 Å². The van der Waals surface area contributed by atoms with Crippen molar-refractivity contribution in [3.05, 3.63) is 96.1 Å². The van der Waals surface area contributed by atoms with E-state index < -0.39 is 11.9 Å². The molecule has 1 aliphatic heterocycles. The Hall–Kier alpha value is -3.72. The predicted molar refractivity (Wildman–Crippen MR) is 105 cm³/mol. The summed E-state index contributed by atoms with van der Waals surface area (Å²) in [7, 11) is 0. The van der Waals surface area contributed by atoms with Crippen LogP contribution in [0.2, 0.25) is 0 Å². The number of rotatable bonds is 2. The van der Waals surface area contributed by atoms with Crippen LogP contribution >= 0.6 is 0 Å². The molecule has 1 aliphatic rings. The molecule has 0 spiro atoms. The highest BCUT2D eigenvalue weighted by atomic mass is 16.6. The fourth-order valence-electron chi connectivity index (χ4n) is 3.76. The van der Waals surface area contributed by atoms with Crippen LogP contribution in [0.3, 0.4) is 0 Å². The molecule has 5 rings (SSSR count). The number of benzene rings is 4. The Bertz CT molecular complexity index is 1220. The summed E-state index contributed by atoms with van der Waals surface area (Å²) in [4.78, 5) is 25.0. The van der Waals surface area contributed by atoms with Gasteiger partial charge in [-0.2, -0.15) is 0 Å². The van der Waals surface area contributed by atoms with Gasteiger partial charge in [-0.05, 0) is 33.0 Å². The van der Waals surface area contributed by atoms with Crippen molar-refractivity contribution in [1.82, 2.24) is 0 Å². The van der Waals surface area contributed by atoms with Gasteiger partial charge in [-0.3, -0.25) is 0 Å². The zero-order valence-electron chi connectivity index (χ0n) is 14.3. The van der Waals surface area contributed by atoms with E-state index in [1.165, 1.54) is 0 Å². The van der Waals surface area contributed by atoms with Crippen molar-refractivity contribution in [2.45, 2.75) is 0 Å². The molecule has 0 saturated carbocycles. The molecule has 0 aliphatic carbocycles. The molecule has 1 heterocycles. The number of fused-ring (bicyclic) bond motifs is 2. The van der Waals surface area contributed by atoms with E-state index in [9.17, 15) is 9.59 Å². The van der Waals surface area contributed by atoms with Gasteiger partial charge in [0.15, 0.2) is 0 Å². The van der Waals surface area contributed by atoms with Crippen LogP contribution < -0.4 is 0 Å². The van der Waals surface area contributed by atoms with Crippen LogP contribution in [0.25, 0.3) is 33.0 Å². The molecule has 0 fully saturated rings. The second-order valence-electron chi connectivity index (χ2n) is 6.48. The number of esters is 2. The molecule has 0 N–H and O–H groups in total. The summed E-state index contributed by atoms with van der Waals surface area (Å²) < 4.78 is 4.99. The van der Waals surface area contributed by atoms with Crippen molar-refractivity contribution in [1.29, 1.82) is 0 Å². The third-order valence-corrected chi connectivity index (χ3v) is 4.96. The van der Waals surface area contributed by atoms with Gasteiger partial charge < -0.3 is 4.74 Å². The average Bonchev–Trinajstić information content (AvgIpc) is 3.02. The van der Waals surface area contributed by atoms with Crippen LogP contribution in [0.5, 0.6) is 0 Å². The van der Waals surface area contributed by atoms with Crippen molar-refractivity contribution in [2.24, 2.45) is 0 Å². The Morgan fingerprint density at radius 1 is 0.519 bits per heavy atom. The number of carbonyl (C=O) groups excluding carboxylic acids is 2. The predicted octanol–water partition coefficient (Wildman–Crippen LogP) is 5.48. The Balaban J connectivity index is 1.83. The van der Waals surface area contributed by atoms with Crippen LogP contribution in [0.15, 0.2) is 84.9 Å². The zero-order chi connectivity index (χ0) is 18.4. The molecule has 4 aromatic carbocycles. The van der Waals surface area contributed by atoms with Gasteiger partial charge in [-0.1, -0.05) is 84.9 Å². The van der Waals surface area contributed by atoms with E-state index in [4.69, 9.17) is 4.74 Å². The topological polar surface area (TPSA) is 43.4 Å². The van der Waals surface area contributed by atoms with Gasteiger partial charge in [0.25, 0.3) is 0 Å². The van der Waals surface area contributed by atoms with Gasteiger partial charge in [0.05, 0.1) is 11.1 Å². The van der Waals surface area contributed by atoms with E-state index in [1.54, 1.807) is 0 Å². The van der Waals surface area contributed by atoms with Gasteiger partial charge in [0.1, 0.15) is 0 Å². The van der Waals surface area contributed by atoms with Crippen molar-refractivity contribution >= 4 is 22.7 Å².